The molecule has 0 aromatic rings. The van der Waals surface area contributed by atoms with E-state index in [9.17, 15) is 9.90 Å². The smallest absolute Gasteiger partial charge is 0.306 e. The molecule has 3 fully saturated rings. The van der Waals surface area contributed by atoms with Gasteiger partial charge >= 0.3 is 5.97 Å². The fraction of sp³-hybridized carbons (Fsp3) is 0.889. The molecule has 2 N–H and O–H groups in total. The van der Waals surface area contributed by atoms with Crippen molar-refractivity contribution in [3.63, 3.8) is 0 Å². The molecule has 0 aliphatic heterocycles. The number of aliphatic hydroxyl groups excluding tert-OH is 1. The van der Waals surface area contributed by atoms with Crippen LogP contribution in [0.5, 0.6) is 0 Å². The van der Waals surface area contributed by atoms with Crippen molar-refractivity contribution < 1.29 is 15.0 Å². The number of carboxylic acids is 1. The SMILES string of the molecule is O=C(O)[C@H]1CC2CCC1[C@@H](O)C2. The van der Waals surface area contributed by atoms with Crippen LogP contribution in [0, 0.1) is 17.8 Å². The fourth-order valence-electron chi connectivity index (χ4n) is 2.76. The minimum absolute atomic E-state index is 0.0347. The van der Waals surface area contributed by atoms with Crippen LogP contribution in [0.3, 0.4) is 0 Å². The molecule has 2 unspecified atom stereocenters. The zero-order chi connectivity index (χ0) is 8.72. The van der Waals surface area contributed by atoms with E-state index in [1.807, 2.05) is 0 Å². The van der Waals surface area contributed by atoms with Crippen LogP contribution < -0.4 is 0 Å². The van der Waals surface area contributed by atoms with Crippen LogP contribution in [0.1, 0.15) is 25.7 Å². The third kappa shape index (κ3) is 1.12. The normalized spacial score (nSPS) is 46.1. The highest BCUT2D eigenvalue weighted by molar-refractivity contribution is 5.70. The van der Waals surface area contributed by atoms with Gasteiger partial charge in [-0.15, -0.1) is 0 Å². The monoisotopic (exact) mass is 170 g/mol. The molecule has 3 saturated carbocycles. The topological polar surface area (TPSA) is 57.5 Å². The molecule has 0 radical (unpaired) electrons. The second-order valence-electron chi connectivity index (χ2n) is 4.09. The lowest BCUT2D eigenvalue weighted by Gasteiger charge is -2.43. The summed E-state index contributed by atoms with van der Waals surface area (Å²) in [6.45, 7) is 0. The molecule has 3 nitrogen and oxygen atoms in total. The van der Waals surface area contributed by atoms with Crippen LogP contribution in [0.2, 0.25) is 0 Å². The number of aliphatic hydroxyl groups is 1. The van der Waals surface area contributed by atoms with Gasteiger partial charge in [0.15, 0.2) is 0 Å². The average molecular weight is 170 g/mol. The van der Waals surface area contributed by atoms with Crippen molar-refractivity contribution in [2.24, 2.45) is 17.8 Å². The third-order valence-electron chi connectivity index (χ3n) is 3.40. The van der Waals surface area contributed by atoms with Crippen LogP contribution in [0.25, 0.3) is 0 Å². The first-order valence-electron chi connectivity index (χ1n) is 4.59. The molecular formula is C9H14O3. The predicted octanol–water partition coefficient (Wildman–Crippen LogP) is 0.868. The van der Waals surface area contributed by atoms with Crippen LogP contribution in [0.4, 0.5) is 0 Å². The summed E-state index contributed by atoms with van der Waals surface area (Å²) in [6, 6.07) is 0. The standard InChI is InChI=1S/C9H14O3/c10-8-4-5-1-2-6(8)7(3-5)9(11)12/h5-8,10H,1-4H2,(H,11,12)/t5?,6?,7-,8-/m0/s1. The van der Waals surface area contributed by atoms with E-state index >= 15 is 0 Å². The van der Waals surface area contributed by atoms with Crippen LogP contribution in [0.15, 0.2) is 0 Å². The van der Waals surface area contributed by atoms with Crippen molar-refractivity contribution in [3.05, 3.63) is 0 Å². The van der Waals surface area contributed by atoms with Gasteiger partial charge in [0.05, 0.1) is 12.0 Å². The first-order valence-corrected chi connectivity index (χ1v) is 4.59. The summed E-state index contributed by atoms with van der Waals surface area (Å²) in [6.07, 6.45) is 3.29. The second kappa shape index (κ2) is 2.73. The maximum atomic E-state index is 10.8. The molecule has 0 amide bonds. The molecule has 0 spiro atoms. The Bertz CT molecular complexity index is 202. The van der Waals surface area contributed by atoms with E-state index < -0.39 is 5.97 Å². The van der Waals surface area contributed by atoms with Crippen molar-refractivity contribution in [1.82, 2.24) is 0 Å². The summed E-state index contributed by atoms with van der Waals surface area (Å²) < 4.78 is 0. The van der Waals surface area contributed by atoms with E-state index in [2.05, 4.69) is 0 Å². The molecule has 3 aliphatic carbocycles. The molecule has 68 valence electrons. The lowest BCUT2D eigenvalue weighted by atomic mass is 9.63. The van der Waals surface area contributed by atoms with Gasteiger partial charge in [-0.25, -0.2) is 0 Å². The summed E-state index contributed by atoms with van der Waals surface area (Å²) in [5.41, 5.74) is 0. The van der Waals surface area contributed by atoms with Gasteiger partial charge in [0, 0.05) is 0 Å². The van der Waals surface area contributed by atoms with Gasteiger partial charge in [0.2, 0.25) is 0 Å². The Balaban J connectivity index is 2.14. The number of carbonyl (C=O) groups is 1. The summed E-state index contributed by atoms with van der Waals surface area (Å²) >= 11 is 0. The fourth-order valence-corrected chi connectivity index (χ4v) is 2.76. The number of hydrogen-bond donors (Lipinski definition) is 2. The number of rotatable bonds is 1. The van der Waals surface area contributed by atoms with E-state index in [-0.39, 0.29) is 17.9 Å². The van der Waals surface area contributed by atoms with E-state index in [0.717, 1.165) is 25.7 Å². The molecule has 12 heavy (non-hydrogen) atoms. The van der Waals surface area contributed by atoms with Crippen LogP contribution in [-0.2, 0) is 4.79 Å². The Morgan fingerprint density at radius 2 is 2.00 bits per heavy atom. The lowest BCUT2D eigenvalue weighted by Crippen LogP contribution is -2.44. The molecule has 0 saturated heterocycles. The molecule has 3 rings (SSSR count). The maximum absolute atomic E-state index is 10.8. The van der Waals surface area contributed by atoms with Crippen LogP contribution in [-0.4, -0.2) is 22.3 Å². The molecule has 0 aromatic heterocycles. The van der Waals surface area contributed by atoms with E-state index in [0.29, 0.717) is 5.92 Å². The summed E-state index contributed by atoms with van der Waals surface area (Å²) in [5.74, 6) is -0.491. The molecule has 2 bridgehead atoms. The minimum Gasteiger partial charge on any atom is -0.481 e. The Hall–Kier alpha value is -0.570. The van der Waals surface area contributed by atoms with Gasteiger partial charge in [-0.2, -0.15) is 0 Å². The van der Waals surface area contributed by atoms with Gasteiger partial charge in [0.25, 0.3) is 0 Å². The largest absolute Gasteiger partial charge is 0.481 e. The van der Waals surface area contributed by atoms with Crippen molar-refractivity contribution >= 4 is 5.97 Å². The quantitative estimate of drug-likeness (QED) is 0.614. The van der Waals surface area contributed by atoms with E-state index in [4.69, 9.17) is 5.11 Å². The Labute approximate surface area is 71.4 Å². The second-order valence-corrected chi connectivity index (χ2v) is 4.09. The highest BCUT2D eigenvalue weighted by atomic mass is 16.4. The highest BCUT2D eigenvalue weighted by Crippen LogP contribution is 2.45. The van der Waals surface area contributed by atoms with E-state index in [1.165, 1.54) is 0 Å². The zero-order valence-corrected chi connectivity index (χ0v) is 6.94. The first kappa shape index (κ1) is 8.05. The summed E-state index contributed by atoms with van der Waals surface area (Å²) in [5, 5.41) is 18.4. The highest BCUT2D eigenvalue weighted by Gasteiger charge is 2.44. The van der Waals surface area contributed by atoms with Gasteiger partial charge in [0.1, 0.15) is 0 Å². The Morgan fingerprint density at radius 3 is 2.42 bits per heavy atom. The van der Waals surface area contributed by atoms with Crippen molar-refractivity contribution in [2.45, 2.75) is 31.8 Å². The number of aliphatic carboxylic acids is 1. The first-order chi connectivity index (χ1) is 5.68. The Kier molecular flexibility index (Phi) is 1.83. The average Bonchev–Trinajstić information content (AvgIpc) is 2.04. The molecule has 3 heteroatoms. The van der Waals surface area contributed by atoms with Gasteiger partial charge in [-0.1, -0.05) is 0 Å². The number of fused-ring (bicyclic) bond motifs is 3. The van der Waals surface area contributed by atoms with Crippen LogP contribution >= 0.6 is 0 Å². The molecule has 4 atom stereocenters. The van der Waals surface area contributed by atoms with Crippen molar-refractivity contribution in [1.29, 1.82) is 0 Å². The van der Waals surface area contributed by atoms with Crippen molar-refractivity contribution in [3.8, 4) is 0 Å². The van der Waals surface area contributed by atoms with E-state index in [1.54, 1.807) is 0 Å². The van der Waals surface area contributed by atoms with Gasteiger partial charge < -0.3 is 10.2 Å². The molecule has 0 heterocycles. The minimum atomic E-state index is -0.719. The summed E-state index contributed by atoms with van der Waals surface area (Å²) in [4.78, 5) is 10.8. The number of hydrogen-bond acceptors (Lipinski definition) is 2. The summed E-state index contributed by atoms with van der Waals surface area (Å²) in [7, 11) is 0. The predicted molar refractivity (Wildman–Crippen MR) is 42.6 cm³/mol. The van der Waals surface area contributed by atoms with Gasteiger partial charge in [-0.3, -0.25) is 4.79 Å². The Morgan fingerprint density at radius 1 is 1.25 bits per heavy atom. The number of carboxylic acid groups (broad SMARTS) is 1. The molecule has 3 aliphatic rings. The zero-order valence-electron chi connectivity index (χ0n) is 6.94. The maximum Gasteiger partial charge on any atom is 0.306 e. The molecule has 0 aromatic carbocycles. The van der Waals surface area contributed by atoms with Crippen molar-refractivity contribution in [2.75, 3.05) is 0 Å². The molecular weight excluding hydrogens is 156 g/mol. The lowest BCUT2D eigenvalue weighted by molar-refractivity contribution is -0.152. The third-order valence-corrected chi connectivity index (χ3v) is 3.40. The van der Waals surface area contributed by atoms with Gasteiger partial charge in [-0.05, 0) is 37.5 Å².